The molecular weight excluding hydrogens is 716 g/mol. The Morgan fingerprint density at radius 1 is 0.852 bits per heavy atom. The molecule has 16 heteroatoms. The molecule has 1 unspecified atom stereocenters. The van der Waals surface area contributed by atoms with Gasteiger partial charge in [-0.25, -0.2) is 9.97 Å². The summed E-state index contributed by atoms with van der Waals surface area (Å²) in [5.41, 5.74) is 15.2. The molecule has 0 radical (unpaired) electrons. The van der Waals surface area contributed by atoms with Gasteiger partial charge in [0.25, 0.3) is 11.8 Å². The van der Waals surface area contributed by atoms with E-state index in [1.807, 2.05) is 42.2 Å². The van der Waals surface area contributed by atoms with E-state index in [-0.39, 0.29) is 47.4 Å². The molecule has 0 spiro atoms. The topological polar surface area (TPSA) is 252 Å². The maximum absolute atomic E-state index is 13.0. The normalized spacial score (nSPS) is 14.3. The van der Waals surface area contributed by atoms with Crippen molar-refractivity contribution in [3.63, 3.8) is 0 Å². The standard InChI is InChI=1S/C38H57ClN8O7/c1-3-4-5-8-16-47(22-29(49)32(51)33(52)30(50)23-48)17-15-43-37(53)27-13-11-25(12-14-27)19-42-20-26(18-28-10-7-6-9-24(28)2)21-44-38(54)31-35(40)46-36(41)34(39)45-31/h6-7,9-14,26,29-30,32-33,42,48-52H,3-5,8,15-23H2,1-2H3,(H,43,53)(H,44,54)(H4,40,41,46)/t26?,29-,30-,32-,33-/m1/s1. The third-order valence-corrected chi connectivity index (χ3v) is 9.51. The van der Waals surface area contributed by atoms with E-state index in [1.165, 1.54) is 0 Å². The van der Waals surface area contributed by atoms with E-state index in [4.69, 9.17) is 28.2 Å². The summed E-state index contributed by atoms with van der Waals surface area (Å²) in [6, 6.07) is 15.3. The summed E-state index contributed by atoms with van der Waals surface area (Å²) in [6.45, 7) is 6.12. The van der Waals surface area contributed by atoms with Gasteiger partial charge in [0.05, 0.1) is 12.7 Å². The lowest BCUT2D eigenvalue weighted by Crippen LogP contribution is -2.50. The van der Waals surface area contributed by atoms with Crippen molar-refractivity contribution in [1.29, 1.82) is 0 Å². The number of nitrogens with zero attached hydrogens (tertiary/aromatic N) is 3. The number of aliphatic hydroxyl groups is 5. The van der Waals surface area contributed by atoms with Crippen LogP contribution in [0.15, 0.2) is 48.5 Å². The van der Waals surface area contributed by atoms with Crippen molar-refractivity contribution in [3.05, 3.63) is 81.6 Å². The summed E-state index contributed by atoms with van der Waals surface area (Å²) < 4.78 is 0. The molecule has 1 aromatic heterocycles. The van der Waals surface area contributed by atoms with E-state index in [0.717, 1.165) is 42.4 Å². The molecule has 15 nitrogen and oxygen atoms in total. The molecule has 2 amide bonds. The number of hydrogen-bond donors (Lipinski definition) is 10. The number of aromatic nitrogens is 2. The number of carbonyl (C=O) groups is 2. The maximum atomic E-state index is 13.0. The van der Waals surface area contributed by atoms with E-state index in [2.05, 4.69) is 38.9 Å². The first-order chi connectivity index (χ1) is 25.8. The van der Waals surface area contributed by atoms with Gasteiger partial charge < -0.3 is 53.0 Å². The molecule has 0 aliphatic heterocycles. The molecule has 5 atom stereocenters. The van der Waals surface area contributed by atoms with Crippen molar-refractivity contribution in [2.75, 3.05) is 57.3 Å². The molecule has 3 rings (SSSR count). The van der Waals surface area contributed by atoms with Crippen molar-refractivity contribution in [1.82, 2.24) is 30.8 Å². The van der Waals surface area contributed by atoms with Crippen molar-refractivity contribution in [3.8, 4) is 0 Å². The zero-order valence-corrected chi connectivity index (χ0v) is 31.9. The molecule has 0 bridgehead atoms. The average molecular weight is 773 g/mol. The average Bonchev–Trinajstić information content (AvgIpc) is 3.16. The fourth-order valence-electron chi connectivity index (χ4n) is 5.91. The second-order valence-electron chi connectivity index (χ2n) is 13.6. The van der Waals surface area contributed by atoms with Crippen LogP contribution in [0, 0.1) is 12.8 Å². The number of carbonyl (C=O) groups excluding carboxylic acids is 2. The third kappa shape index (κ3) is 14.4. The first kappa shape index (κ1) is 44.5. The molecule has 0 aliphatic carbocycles. The highest BCUT2D eigenvalue weighted by molar-refractivity contribution is 6.31. The van der Waals surface area contributed by atoms with Gasteiger partial charge in [-0.15, -0.1) is 0 Å². The molecule has 0 saturated carbocycles. The van der Waals surface area contributed by atoms with Crippen LogP contribution in [-0.4, -0.2) is 123 Å². The van der Waals surface area contributed by atoms with Crippen molar-refractivity contribution < 1.29 is 35.1 Å². The van der Waals surface area contributed by atoms with E-state index >= 15 is 0 Å². The summed E-state index contributed by atoms with van der Waals surface area (Å²) in [4.78, 5) is 35.7. The van der Waals surface area contributed by atoms with Gasteiger partial charge in [0.1, 0.15) is 18.3 Å². The quantitative estimate of drug-likeness (QED) is 0.0572. The number of nitrogens with one attached hydrogen (secondary N) is 3. The summed E-state index contributed by atoms with van der Waals surface area (Å²) in [5.74, 6) is -0.916. The Bertz CT molecular complexity index is 1600. The number of benzene rings is 2. The smallest absolute Gasteiger partial charge is 0.273 e. The number of anilines is 2. The predicted molar refractivity (Wildman–Crippen MR) is 209 cm³/mol. The minimum absolute atomic E-state index is 0.00586. The number of amides is 2. The monoisotopic (exact) mass is 772 g/mol. The van der Waals surface area contributed by atoms with E-state index < -0.39 is 36.9 Å². The number of halogens is 1. The molecule has 54 heavy (non-hydrogen) atoms. The molecule has 0 aliphatic rings. The summed E-state index contributed by atoms with van der Waals surface area (Å²) in [6.07, 6.45) is -1.64. The van der Waals surface area contributed by atoms with Gasteiger partial charge in [-0.05, 0) is 61.1 Å². The Morgan fingerprint density at radius 2 is 1.56 bits per heavy atom. The fourth-order valence-corrected chi connectivity index (χ4v) is 6.04. The molecule has 298 valence electrons. The zero-order valence-electron chi connectivity index (χ0n) is 31.1. The summed E-state index contributed by atoms with van der Waals surface area (Å²) in [5, 5.41) is 58.7. The largest absolute Gasteiger partial charge is 0.394 e. The Kier molecular flexibility index (Phi) is 19.0. The Hall–Kier alpha value is -3.93. The number of rotatable bonds is 24. The van der Waals surface area contributed by atoms with Gasteiger partial charge in [-0.1, -0.05) is 74.2 Å². The second-order valence-corrected chi connectivity index (χ2v) is 13.9. The number of unbranched alkanes of at least 4 members (excludes halogenated alkanes) is 3. The maximum Gasteiger partial charge on any atom is 0.273 e. The fraction of sp³-hybridized carbons (Fsp3) is 0.526. The van der Waals surface area contributed by atoms with Crippen LogP contribution in [0.1, 0.15) is 70.1 Å². The molecule has 0 saturated heterocycles. The van der Waals surface area contributed by atoms with E-state index in [1.54, 1.807) is 12.1 Å². The summed E-state index contributed by atoms with van der Waals surface area (Å²) >= 11 is 5.97. The van der Waals surface area contributed by atoms with Crippen molar-refractivity contribution in [2.45, 2.75) is 76.9 Å². The first-order valence-corrected chi connectivity index (χ1v) is 18.8. The number of nitrogens with two attached hydrogens (primary N) is 2. The van der Waals surface area contributed by atoms with E-state index in [0.29, 0.717) is 44.7 Å². The highest BCUT2D eigenvalue weighted by atomic mass is 35.5. The van der Waals surface area contributed by atoms with Crippen LogP contribution in [0.3, 0.4) is 0 Å². The van der Waals surface area contributed by atoms with E-state index in [9.17, 15) is 30.0 Å². The number of hydrogen-bond acceptors (Lipinski definition) is 13. The van der Waals surface area contributed by atoms with Crippen molar-refractivity contribution in [2.24, 2.45) is 5.92 Å². The van der Waals surface area contributed by atoms with Gasteiger partial charge in [0.2, 0.25) is 0 Å². The lowest BCUT2D eigenvalue weighted by atomic mass is 9.95. The number of aryl methyl sites for hydroxylation is 1. The molecule has 0 fully saturated rings. The van der Waals surface area contributed by atoms with Gasteiger partial charge in [-0.3, -0.25) is 14.5 Å². The molecule has 12 N–H and O–H groups in total. The predicted octanol–water partition coefficient (Wildman–Crippen LogP) is 1.03. The zero-order chi connectivity index (χ0) is 39.6. The second kappa shape index (κ2) is 23.1. The van der Waals surface area contributed by atoms with Crippen LogP contribution in [0.25, 0.3) is 0 Å². The van der Waals surface area contributed by atoms with Crippen LogP contribution < -0.4 is 27.4 Å². The van der Waals surface area contributed by atoms with Crippen LogP contribution in [0.4, 0.5) is 11.6 Å². The SMILES string of the molecule is CCCCCCN(CCNC(=O)c1ccc(CNCC(CNC(=O)c2nc(Cl)c(N)nc2N)Cc2ccccc2C)cc1)C[C@@H](O)[C@@H](O)[C@H](O)[C@H](O)CO. The summed E-state index contributed by atoms with van der Waals surface area (Å²) in [7, 11) is 0. The Balaban J connectivity index is 1.54. The van der Waals surface area contributed by atoms with Crippen molar-refractivity contribution >= 4 is 35.1 Å². The van der Waals surface area contributed by atoms with Crippen LogP contribution in [-0.2, 0) is 13.0 Å². The van der Waals surface area contributed by atoms with Crippen LogP contribution in [0.5, 0.6) is 0 Å². The Labute approximate surface area is 322 Å². The van der Waals surface area contributed by atoms with Crippen LogP contribution in [0.2, 0.25) is 5.15 Å². The van der Waals surface area contributed by atoms with Gasteiger partial charge in [0.15, 0.2) is 22.5 Å². The highest BCUT2D eigenvalue weighted by Crippen LogP contribution is 2.18. The van der Waals surface area contributed by atoms with Gasteiger partial charge in [-0.2, -0.15) is 0 Å². The minimum Gasteiger partial charge on any atom is -0.394 e. The van der Waals surface area contributed by atoms with Gasteiger partial charge >= 0.3 is 0 Å². The molecule has 1 heterocycles. The minimum atomic E-state index is -1.70. The van der Waals surface area contributed by atoms with Crippen LogP contribution >= 0.6 is 11.6 Å². The lowest BCUT2D eigenvalue weighted by Gasteiger charge is -2.30. The lowest BCUT2D eigenvalue weighted by molar-refractivity contribution is -0.119. The highest BCUT2D eigenvalue weighted by Gasteiger charge is 2.31. The first-order valence-electron chi connectivity index (χ1n) is 18.4. The van der Waals surface area contributed by atoms with Gasteiger partial charge in [0, 0.05) is 44.8 Å². The molecular formula is C38H57ClN8O7. The number of aliphatic hydroxyl groups excluding tert-OH is 5. The number of nitrogen functional groups attached to an aromatic ring is 2. The third-order valence-electron chi connectivity index (χ3n) is 9.23. The molecule has 3 aromatic rings. The molecule has 2 aromatic carbocycles. The Morgan fingerprint density at radius 3 is 2.24 bits per heavy atom.